The van der Waals surface area contributed by atoms with Crippen molar-refractivity contribution in [1.29, 1.82) is 0 Å². The van der Waals surface area contributed by atoms with Crippen LogP contribution in [0.5, 0.6) is 0 Å². The third kappa shape index (κ3) is 5.13. The zero-order valence-corrected chi connectivity index (χ0v) is 11.6. The summed E-state index contributed by atoms with van der Waals surface area (Å²) in [7, 11) is 4.19. The monoisotopic (exact) mass is 236 g/mol. The largest absolute Gasteiger partial charge is 0.367 e. The lowest BCUT2D eigenvalue weighted by Crippen LogP contribution is -2.23. The molecule has 0 aliphatic carbocycles. The second-order valence-electron chi connectivity index (χ2n) is 4.78. The third-order valence-corrected chi connectivity index (χ3v) is 2.66. The highest BCUT2D eigenvalue weighted by Gasteiger charge is 2.05. The summed E-state index contributed by atoms with van der Waals surface area (Å²) in [5.41, 5.74) is 1.10. The van der Waals surface area contributed by atoms with Crippen molar-refractivity contribution in [3.8, 4) is 0 Å². The molecule has 0 aliphatic heterocycles. The van der Waals surface area contributed by atoms with Crippen molar-refractivity contribution in [2.24, 2.45) is 0 Å². The van der Waals surface area contributed by atoms with Crippen LogP contribution < -0.4 is 5.32 Å². The van der Waals surface area contributed by atoms with Crippen molar-refractivity contribution in [3.63, 3.8) is 0 Å². The maximum atomic E-state index is 4.41. The molecule has 0 radical (unpaired) electrons. The minimum atomic E-state index is 0.427. The van der Waals surface area contributed by atoms with Gasteiger partial charge in [-0.25, -0.2) is 9.97 Å². The zero-order chi connectivity index (χ0) is 12.8. The van der Waals surface area contributed by atoms with Crippen molar-refractivity contribution in [1.82, 2.24) is 14.9 Å². The highest BCUT2D eigenvalue weighted by atomic mass is 15.1. The Morgan fingerprint density at radius 1 is 1.35 bits per heavy atom. The van der Waals surface area contributed by atoms with E-state index in [4.69, 9.17) is 0 Å². The van der Waals surface area contributed by atoms with E-state index in [-0.39, 0.29) is 0 Å². The molecule has 4 nitrogen and oxygen atoms in total. The molecule has 1 atom stereocenters. The topological polar surface area (TPSA) is 41.0 Å². The lowest BCUT2D eigenvalue weighted by Gasteiger charge is -2.17. The van der Waals surface area contributed by atoms with E-state index in [1.807, 2.05) is 13.0 Å². The number of nitrogens with one attached hydrogen (secondary N) is 1. The van der Waals surface area contributed by atoms with Crippen LogP contribution in [-0.4, -0.2) is 41.5 Å². The van der Waals surface area contributed by atoms with Gasteiger partial charge in [0.1, 0.15) is 11.6 Å². The minimum Gasteiger partial charge on any atom is -0.367 e. The Kier molecular flexibility index (Phi) is 5.35. The van der Waals surface area contributed by atoms with Gasteiger partial charge in [0.25, 0.3) is 0 Å². The van der Waals surface area contributed by atoms with E-state index in [9.17, 15) is 0 Å². The van der Waals surface area contributed by atoms with Gasteiger partial charge in [0.2, 0.25) is 0 Å². The molecular formula is C13H24N4. The predicted molar refractivity (Wildman–Crippen MR) is 72.4 cm³/mol. The fraction of sp³-hybridized carbons (Fsp3) is 0.692. The number of nitrogens with zero attached hydrogens (tertiary/aromatic N) is 3. The first-order valence-corrected chi connectivity index (χ1v) is 6.27. The molecule has 4 heteroatoms. The predicted octanol–water partition coefficient (Wildman–Crippen LogP) is 2.10. The summed E-state index contributed by atoms with van der Waals surface area (Å²) in [6.07, 6.45) is 2.06. The Labute approximate surface area is 104 Å². The second kappa shape index (κ2) is 6.55. The Balaban J connectivity index is 2.58. The summed E-state index contributed by atoms with van der Waals surface area (Å²) < 4.78 is 0. The molecule has 0 fully saturated rings. The number of rotatable bonds is 6. The van der Waals surface area contributed by atoms with Gasteiger partial charge in [-0.15, -0.1) is 0 Å². The molecule has 1 N–H and O–H groups in total. The van der Waals surface area contributed by atoms with Crippen LogP contribution in [0.3, 0.4) is 0 Å². The molecule has 0 saturated carbocycles. The number of anilines is 1. The van der Waals surface area contributed by atoms with Crippen LogP contribution in [0.1, 0.15) is 31.8 Å². The first kappa shape index (κ1) is 13.9. The zero-order valence-electron chi connectivity index (χ0n) is 11.6. The number of aryl methyl sites for hydroxylation is 2. The molecule has 0 amide bonds. The van der Waals surface area contributed by atoms with E-state index in [0.717, 1.165) is 36.7 Å². The Morgan fingerprint density at radius 3 is 2.65 bits per heavy atom. The van der Waals surface area contributed by atoms with Gasteiger partial charge in [-0.2, -0.15) is 0 Å². The molecule has 1 aromatic heterocycles. The summed E-state index contributed by atoms with van der Waals surface area (Å²) in [5.74, 6) is 1.78. The molecule has 1 heterocycles. The first-order chi connectivity index (χ1) is 8.01. The van der Waals surface area contributed by atoms with Crippen molar-refractivity contribution < 1.29 is 0 Å². The maximum Gasteiger partial charge on any atom is 0.130 e. The molecule has 96 valence electrons. The van der Waals surface area contributed by atoms with Crippen molar-refractivity contribution >= 4 is 5.82 Å². The van der Waals surface area contributed by atoms with Gasteiger partial charge >= 0.3 is 0 Å². The molecule has 1 aromatic rings. The molecule has 1 unspecified atom stereocenters. The number of aromatic nitrogens is 2. The van der Waals surface area contributed by atoms with Gasteiger partial charge in [-0.05, 0) is 47.3 Å². The van der Waals surface area contributed by atoms with Crippen molar-refractivity contribution in [2.45, 2.75) is 39.7 Å². The van der Waals surface area contributed by atoms with Gasteiger partial charge in [-0.3, -0.25) is 0 Å². The fourth-order valence-electron chi connectivity index (χ4n) is 1.66. The van der Waals surface area contributed by atoms with Gasteiger partial charge in [0.15, 0.2) is 0 Å². The quantitative estimate of drug-likeness (QED) is 0.821. The highest BCUT2D eigenvalue weighted by molar-refractivity contribution is 5.36. The molecule has 0 bridgehead atoms. The van der Waals surface area contributed by atoms with E-state index < -0.39 is 0 Å². The van der Waals surface area contributed by atoms with Crippen LogP contribution in [0.25, 0.3) is 0 Å². The first-order valence-electron chi connectivity index (χ1n) is 6.27. The number of hydrogen-bond acceptors (Lipinski definition) is 4. The van der Waals surface area contributed by atoms with Crippen LogP contribution in [0.15, 0.2) is 6.07 Å². The van der Waals surface area contributed by atoms with Gasteiger partial charge < -0.3 is 10.2 Å². The van der Waals surface area contributed by atoms with E-state index in [0.29, 0.717) is 6.04 Å². The van der Waals surface area contributed by atoms with Crippen LogP contribution >= 0.6 is 0 Å². The molecule has 0 aliphatic rings. The molecule has 1 rings (SSSR count). The lowest BCUT2D eigenvalue weighted by molar-refractivity contribution is 0.390. The third-order valence-electron chi connectivity index (χ3n) is 2.66. The Hall–Kier alpha value is -1.16. The summed E-state index contributed by atoms with van der Waals surface area (Å²) in [6, 6.07) is 2.47. The lowest BCUT2D eigenvalue weighted by atomic mass is 10.2. The molecule has 0 aromatic carbocycles. The minimum absolute atomic E-state index is 0.427. The summed E-state index contributed by atoms with van der Waals surface area (Å²) >= 11 is 0. The van der Waals surface area contributed by atoms with Crippen LogP contribution in [0.4, 0.5) is 5.82 Å². The highest BCUT2D eigenvalue weighted by Crippen LogP contribution is 2.09. The smallest absolute Gasteiger partial charge is 0.130 e. The Bertz CT molecular complexity index is 349. The summed E-state index contributed by atoms with van der Waals surface area (Å²) in [6.45, 7) is 7.32. The average Bonchev–Trinajstić information content (AvgIpc) is 2.25. The van der Waals surface area contributed by atoms with E-state index >= 15 is 0 Å². The standard InChI is InChI=1S/C13H24N4/c1-6-12-9-13(16-11(3)15-12)14-10(2)7-8-17(4)5/h9-10H,6-8H2,1-5H3,(H,14,15,16). The van der Waals surface area contributed by atoms with E-state index in [1.165, 1.54) is 0 Å². The van der Waals surface area contributed by atoms with E-state index in [1.54, 1.807) is 0 Å². The van der Waals surface area contributed by atoms with Crippen LogP contribution in [0, 0.1) is 6.92 Å². The maximum absolute atomic E-state index is 4.41. The Morgan fingerprint density at radius 2 is 2.06 bits per heavy atom. The van der Waals surface area contributed by atoms with Crippen molar-refractivity contribution in [3.05, 3.63) is 17.6 Å². The molecule has 0 spiro atoms. The normalized spacial score (nSPS) is 12.8. The fourth-order valence-corrected chi connectivity index (χ4v) is 1.66. The molecule has 17 heavy (non-hydrogen) atoms. The van der Waals surface area contributed by atoms with E-state index in [2.05, 4.69) is 48.1 Å². The van der Waals surface area contributed by atoms with Crippen molar-refractivity contribution in [2.75, 3.05) is 26.0 Å². The average molecular weight is 236 g/mol. The van der Waals surface area contributed by atoms with Gasteiger partial charge in [0.05, 0.1) is 0 Å². The van der Waals surface area contributed by atoms with Gasteiger partial charge in [0, 0.05) is 17.8 Å². The SMILES string of the molecule is CCc1cc(NC(C)CCN(C)C)nc(C)n1. The number of hydrogen-bond donors (Lipinski definition) is 1. The summed E-state index contributed by atoms with van der Waals surface area (Å²) in [5, 5.41) is 3.44. The van der Waals surface area contributed by atoms with Gasteiger partial charge in [-0.1, -0.05) is 6.92 Å². The second-order valence-corrected chi connectivity index (χ2v) is 4.78. The molecule has 0 saturated heterocycles. The molecular weight excluding hydrogens is 212 g/mol. The van der Waals surface area contributed by atoms with Crippen LogP contribution in [-0.2, 0) is 6.42 Å². The summed E-state index contributed by atoms with van der Waals surface area (Å²) in [4.78, 5) is 11.0. The van der Waals surface area contributed by atoms with Crippen LogP contribution in [0.2, 0.25) is 0 Å².